The third-order valence-electron chi connectivity index (χ3n) is 5.91. The van der Waals surface area contributed by atoms with Crippen LogP contribution in [0.3, 0.4) is 0 Å². The van der Waals surface area contributed by atoms with Crippen molar-refractivity contribution in [2.45, 2.75) is 17.2 Å². The van der Waals surface area contributed by atoms with Gasteiger partial charge in [0, 0.05) is 35.2 Å². The maximum atomic E-state index is 12.9. The van der Waals surface area contributed by atoms with E-state index < -0.39 is 10.0 Å². The van der Waals surface area contributed by atoms with Crippen molar-refractivity contribution in [3.63, 3.8) is 0 Å². The number of hydrogen-bond acceptors (Lipinski definition) is 7. The number of primary sulfonamides is 1. The summed E-state index contributed by atoms with van der Waals surface area (Å²) in [5.74, 6) is 1.77. The molecular formula is C25H25ClN2O7S. The number of hydrogen-bond donors (Lipinski definition) is 1. The molecular weight excluding hydrogens is 508 g/mol. The van der Waals surface area contributed by atoms with Gasteiger partial charge in [0.1, 0.15) is 5.75 Å². The van der Waals surface area contributed by atoms with Gasteiger partial charge >= 0.3 is 0 Å². The molecule has 0 aliphatic carbocycles. The summed E-state index contributed by atoms with van der Waals surface area (Å²) in [6, 6.07) is 14.5. The van der Waals surface area contributed by atoms with Gasteiger partial charge in [0.15, 0.2) is 11.5 Å². The van der Waals surface area contributed by atoms with Crippen LogP contribution in [-0.2, 0) is 14.8 Å². The molecule has 0 aromatic heterocycles. The number of sulfonamides is 1. The standard InChI is InChI=1S/C25H25ClN2O7S/c1-32-20-10-11-21(25(34-3)24(20)33-2)35-22-13-16(26)4-9-19(22)15-12-23(29)28(14-15)17-5-7-18(8-6-17)36(27,30)31/h4-11,13,15H,12,14H2,1-3H3,(H2,27,30,31)/t15-/m0/s1. The minimum atomic E-state index is -3.82. The Kier molecular flexibility index (Phi) is 7.30. The smallest absolute Gasteiger partial charge is 0.238 e. The lowest BCUT2D eigenvalue weighted by molar-refractivity contribution is -0.117. The Bertz CT molecular complexity index is 1390. The fraction of sp³-hybridized carbons (Fsp3) is 0.240. The molecule has 1 amide bonds. The Morgan fingerprint density at radius 3 is 2.14 bits per heavy atom. The molecule has 0 unspecified atom stereocenters. The Labute approximate surface area is 214 Å². The summed E-state index contributed by atoms with van der Waals surface area (Å²) in [7, 11) is 0.702. The van der Waals surface area contributed by atoms with Gasteiger partial charge in [-0.05, 0) is 48.5 Å². The highest BCUT2D eigenvalue weighted by atomic mass is 35.5. The van der Waals surface area contributed by atoms with Crippen LogP contribution in [0.25, 0.3) is 0 Å². The van der Waals surface area contributed by atoms with Crippen molar-refractivity contribution >= 4 is 33.2 Å². The van der Waals surface area contributed by atoms with E-state index >= 15 is 0 Å². The van der Waals surface area contributed by atoms with Gasteiger partial charge in [0.2, 0.25) is 27.4 Å². The molecule has 1 saturated heterocycles. The van der Waals surface area contributed by atoms with Crippen LogP contribution in [0.4, 0.5) is 5.69 Å². The molecule has 1 atom stereocenters. The zero-order valence-electron chi connectivity index (χ0n) is 19.9. The van der Waals surface area contributed by atoms with E-state index in [-0.39, 0.29) is 23.1 Å². The minimum absolute atomic E-state index is 0.0216. The topological polar surface area (TPSA) is 117 Å². The number of halogens is 1. The average molecular weight is 533 g/mol. The van der Waals surface area contributed by atoms with Crippen molar-refractivity contribution in [3.8, 4) is 28.7 Å². The highest BCUT2D eigenvalue weighted by Gasteiger charge is 2.34. The maximum absolute atomic E-state index is 12.9. The van der Waals surface area contributed by atoms with Crippen LogP contribution < -0.4 is 29.0 Å². The Balaban J connectivity index is 1.65. The van der Waals surface area contributed by atoms with E-state index in [0.717, 1.165) is 5.56 Å². The Hall–Kier alpha value is -3.47. The Morgan fingerprint density at radius 1 is 0.889 bits per heavy atom. The van der Waals surface area contributed by atoms with Crippen LogP contribution in [0, 0.1) is 0 Å². The van der Waals surface area contributed by atoms with Crippen molar-refractivity contribution in [2.24, 2.45) is 5.14 Å². The number of carbonyl (C=O) groups is 1. The molecule has 1 aliphatic heterocycles. The van der Waals surface area contributed by atoms with Gasteiger partial charge in [-0.2, -0.15) is 0 Å². The van der Waals surface area contributed by atoms with Gasteiger partial charge in [-0.25, -0.2) is 13.6 Å². The molecule has 9 nitrogen and oxygen atoms in total. The molecule has 3 aromatic carbocycles. The van der Waals surface area contributed by atoms with E-state index in [4.69, 9.17) is 35.7 Å². The molecule has 0 spiro atoms. The number of benzene rings is 3. The average Bonchev–Trinajstić information content (AvgIpc) is 3.24. The summed E-state index contributed by atoms with van der Waals surface area (Å²) < 4.78 is 45.7. The first-order chi connectivity index (χ1) is 17.2. The van der Waals surface area contributed by atoms with Gasteiger partial charge in [-0.15, -0.1) is 0 Å². The number of anilines is 1. The lowest BCUT2D eigenvalue weighted by Gasteiger charge is -2.20. The summed E-state index contributed by atoms with van der Waals surface area (Å²) in [5, 5.41) is 5.64. The van der Waals surface area contributed by atoms with E-state index in [1.165, 1.54) is 33.5 Å². The highest BCUT2D eigenvalue weighted by Crippen LogP contribution is 2.47. The monoisotopic (exact) mass is 532 g/mol. The number of carbonyl (C=O) groups excluding carboxylic acids is 1. The third kappa shape index (κ3) is 5.06. The van der Waals surface area contributed by atoms with Gasteiger partial charge in [0.25, 0.3) is 0 Å². The van der Waals surface area contributed by atoms with E-state index in [0.29, 0.717) is 46.0 Å². The maximum Gasteiger partial charge on any atom is 0.238 e. The molecule has 36 heavy (non-hydrogen) atoms. The second kappa shape index (κ2) is 10.3. The van der Waals surface area contributed by atoms with E-state index in [9.17, 15) is 13.2 Å². The first kappa shape index (κ1) is 25.6. The summed E-state index contributed by atoms with van der Waals surface area (Å²) in [6.07, 6.45) is 0.234. The van der Waals surface area contributed by atoms with Crippen LogP contribution in [-0.4, -0.2) is 42.2 Å². The number of amides is 1. The largest absolute Gasteiger partial charge is 0.493 e. The molecule has 1 heterocycles. The van der Waals surface area contributed by atoms with Crippen LogP contribution in [0.1, 0.15) is 17.9 Å². The molecule has 2 N–H and O–H groups in total. The number of ether oxygens (including phenoxy) is 4. The normalized spacial score (nSPS) is 15.6. The lowest BCUT2D eigenvalue weighted by atomic mass is 9.97. The van der Waals surface area contributed by atoms with Gasteiger partial charge in [-0.3, -0.25) is 4.79 Å². The van der Waals surface area contributed by atoms with Crippen LogP contribution in [0.5, 0.6) is 28.7 Å². The minimum Gasteiger partial charge on any atom is -0.493 e. The molecule has 1 aliphatic rings. The molecule has 11 heteroatoms. The number of rotatable bonds is 8. The van der Waals surface area contributed by atoms with Crippen LogP contribution >= 0.6 is 11.6 Å². The van der Waals surface area contributed by atoms with Gasteiger partial charge < -0.3 is 23.8 Å². The number of nitrogens with two attached hydrogens (primary N) is 1. The number of nitrogens with zero attached hydrogens (tertiary/aromatic N) is 1. The molecule has 0 radical (unpaired) electrons. The van der Waals surface area contributed by atoms with E-state index in [1.54, 1.807) is 41.3 Å². The van der Waals surface area contributed by atoms with Gasteiger partial charge in [0.05, 0.1) is 26.2 Å². The van der Waals surface area contributed by atoms with E-state index in [1.807, 2.05) is 6.07 Å². The second-order valence-electron chi connectivity index (χ2n) is 8.06. The zero-order chi connectivity index (χ0) is 26.0. The molecule has 4 rings (SSSR count). The summed E-state index contributed by atoms with van der Waals surface area (Å²) in [5.41, 5.74) is 1.36. The SMILES string of the molecule is COc1ccc(Oc2cc(Cl)ccc2[C@H]2CC(=O)N(c3ccc(S(N)(=O)=O)cc3)C2)c(OC)c1OC. The quantitative estimate of drug-likeness (QED) is 0.459. The molecule has 3 aromatic rings. The van der Waals surface area contributed by atoms with Crippen LogP contribution in [0.15, 0.2) is 59.5 Å². The van der Waals surface area contributed by atoms with Gasteiger partial charge in [-0.1, -0.05) is 17.7 Å². The zero-order valence-corrected chi connectivity index (χ0v) is 21.4. The lowest BCUT2D eigenvalue weighted by Crippen LogP contribution is -2.24. The summed E-state index contributed by atoms with van der Waals surface area (Å²) in [6.45, 7) is 0.370. The van der Waals surface area contributed by atoms with Crippen molar-refractivity contribution < 1.29 is 32.2 Å². The van der Waals surface area contributed by atoms with Crippen LogP contribution in [0.2, 0.25) is 5.02 Å². The number of methoxy groups -OCH3 is 3. The summed E-state index contributed by atoms with van der Waals surface area (Å²) >= 11 is 6.28. The molecule has 1 fully saturated rings. The summed E-state index contributed by atoms with van der Waals surface area (Å²) in [4.78, 5) is 14.5. The first-order valence-corrected chi connectivity index (χ1v) is 12.8. The predicted molar refractivity (Wildman–Crippen MR) is 135 cm³/mol. The van der Waals surface area contributed by atoms with Crippen molar-refractivity contribution in [3.05, 3.63) is 65.2 Å². The molecule has 0 bridgehead atoms. The first-order valence-electron chi connectivity index (χ1n) is 10.9. The molecule has 0 saturated carbocycles. The molecule has 190 valence electrons. The third-order valence-corrected chi connectivity index (χ3v) is 7.07. The predicted octanol–water partition coefficient (Wildman–Crippen LogP) is 4.33. The fourth-order valence-electron chi connectivity index (χ4n) is 4.19. The van der Waals surface area contributed by atoms with E-state index in [2.05, 4.69) is 0 Å². The van der Waals surface area contributed by atoms with Crippen molar-refractivity contribution in [2.75, 3.05) is 32.8 Å². The Morgan fingerprint density at radius 2 is 1.53 bits per heavy atom. The highest BCUT2D eigenvalue weighted by molar-refractivity contribution is 7.89. The van der Waals surface area contributed by atoms with Crippen molar-refractivity contribution in [1.29, 1.82) is 0 Å². The second-order valence-corrected chi connectivity index (χ2v) is 10.1. The van der Waals surface area contributed by atoms with Crippen molar-refractivity contribution in [1.82, 2.24) is 0 Å². The fourth-order valence-corrected chi connectivity index (χ4v) is 4.87.